The third-order valence-corrected chi connectivity index (χ3v) is 3.49. The Morgan fingerprint density at radius 3 is 2.73 bits per heavy atom. The topological polar surface area (TPSA) is 105 Å². The van der Waals surface area contributed by atoms with Gasteiger partial charge in [0.1, 0.15) is 0 Å². The van der Waals surface area contributed by atoms with Crippen LogP contribution in [0.4, 0.5) is 10.5 Å². The molecule has 0 spiro atoms. The Bertz CT molecular complexity index is 584. The zero-order valence-electron chi connectivity index (χ0n) is 12.6. The van der Waals surface area contributed by atoms with Gasteiger partial charge in [0.25, 0.3) is 0 Å². The molecule has 4 N–H and O–H groups in total. The van der Waals surface area contributed by atoms with E-state index in [-0.39, 0.29) is 30.8 Å². The average Bonchev–Trinajstić information content (AvgIpc) is 2.78. The number of nitrogens with zero attached hydrogens (tertiary/aromatic N) is 1. The minimum absolute atomic E-state index is 0.0263. The Hall–Kier alpha value is -2.41. The highest BCUT2D eigenvalue weighted by atomic mass is 16.2. The lowest BCUT2D eigenvalue weighted by Crippen LogP contribution is -2.39. The number of carbonyl (C=O) groups excluding carboxylic acids is 3. The lowest BCUT2D eigenvalue weighted by molar-refractivity contribution is -0.125. The van der Waals surface area contributed by atoms with E-state index in [2.05, 4.69) is 10.6 Å². The van der Waals surface area contributed by atoms with E-state index in [1.165, 1.54) is 0 Å². The van der Waals surface area contributed by atoms with Gasteiger partial charge < -0.3 is 16.4 Å². The van der Waals surface area contributed by atoms with Crippen LogP contribution in [-0.4, -0.2) is 35.3 Å². The molecule has 7 heteroatoms. The summed E-state index contributed by atoms with van der Waals surface area (Å²) >= 11 is 0. The van der Waals surface area contributed by atoms with E-state index in [4.69, 9.17) is 5.73 Å². The first-order valence-corrected chi connectivity index (χ1v) is 7.12. The summed E-state index contributed by atoms with van der Waals surface area (Å²) in [5.74, 6) is -0.488. The molecule has 1 aliphatic heterocycles. The number of benzene rings is 1. The molecule has 0 aliphatic carbocycles. The van der Waals surface area contributed by atoms with Gasteiger partial charge >= 0.3 is 6.03 Å². The number of nitrogens with one attached hydrogen (secondary N) is 2. The van der Waals surface area contributed by atoms with Crippen LogP contribution in [0.15, 0.2) is 24.3 Å². The highest BCUT2D eigenvalue weighted by molar-refractivity contribution is 6.01. The Labute approximate surface area is 128 Å². The minimum atomic E-state index is -0.588. The van der Waals surface area contributed by atoms with E-state index in [0.29, 0.717) is 5.69 Å². The second-order valence-electron chi connectivity index (χ2n) is 5.60. The molecule has 0 saturated carbocycles. The van der Waals surface area contributed by atoms with Crippen molar-refractivity contribution in [3.8, 4) is 0 Å². The largest absolute Gasteiger partial charge is 0.329 e. The van der Waals surface area contributed by atoms with E-state index in [1.807, 2.05) is 13.8 Å². The highest BCUT2D eigenvalue weighted by Gasteiger charge is 2.28. The van der Waals surface area contributed by atoms with E-state index >= 15 is 0 Å². The molecule has 1 aliphatic rings. The van der Waals surface area contributed by atoms with Gasteiger partial charge in [0.15, 0.2) is 0 Å². The molecule has 0 unspecified atom stereocenters. The lowest BCUT2D eigenvalue weighted by Gasteiger charge is -2.16. The van der Waals surface area contributed by atoms with Crippen LogP contribution in [0.3, 0.4) is 0 Å². The Kier molecular flexibility index (Phi) is 4.77. The van der Waals surface area contributed by atoms with Crippen LogP contribution in [-0.2, 0) is 16.1 Å². The fraction of sp³-hybridized carbons (Fsp3) is 0.400. The molecule has 1 atom stereocenters. The van der Waals surface area contributed by atoms with Gasteiger partial charge in [-0.15, -0.1) is 0 Å². The SMILES string of the molecule is CC(C)[C@H](N)C(=O)Nc1cccc(CN2C(=O)CNC2=O)c1. The number of rotatable bonds is 5. The van der Waals surface area contributed by atoms with Crippen molar-refractivity contribution in [1.29, 1.82) is 0 Å². The number of carbonyl (C=O) groups is 3. The summed E-state index contributed by atoms with van der Waals surface area (Å²) in [5, 5.41) is 5.21. The smallest absolute Gasteiger partial charge is 0.324 e. The summed E-state index contributed by atoms with van der Waals surface area (Å²) < 4.78 is 0. The maximum Gasteiger partial charge on any atom is 0.324 e. The van der Waals surface area contributed by atoms with Crippen LogP contribution in [0, 0.1) is 5.92 Å². The minimum Gasteiger partial charge on any atom is -0.329 e. The number of amides is 4. The van der Waals surface area contributed by atoms with Crippen molar-refractivity contribution in [3.05, 3.63) is 29.8 Å². The van der Waals surface area contributed by atoms with Gasteiger partial charge in [0, 0.05) is 5.69 Å². The standard InChI is InChI=1S/C15H20N4O3/c1-9(2)13(16)14(21)18-11-5-3-4-10(6-11)8-19-12(20)7-17-15(19)22/h3-6,9,13H,7-8,16H2,1-2H3,(H,17,22)(H,18,21)/t13-/m0/s1. The molecule has 22 heavy (non-hydrogen) atoms. The van der Waals surface area contributed by atoms with Gasteiger partial charge in [-0.1, -0.05) is 26.0 Å². The van der Waals surface area contributed by atoms with Crippen molar-refractivity contribution < 1.29 is 14.4 Å². The molecule has 1 fully saturated rings. The molecular weight excluding hydrogens is 284 g/mol. The van der Waals surface area contributed by atoms with Crippen LogP contribution in [0.1, 0.15) is 19.4 Å². The fourth-order valence-corrected chi connectivity index (χ4v) is 2.07. The first-order chi connectivity index (χ1) is 10.4. The van der Waals surface area contributed by atoms with Crippen molar-refractivity contribution in [2.75, 3.05) is 11.9 Å². The van der Waals surface area contributed by atoms with E-state index < -0.39 is 12.1 Å². The molecule has 1 saturated heterocycles. The Morgan fingerprint density at radius 2 is 2.14 bits per heavy atom. The second kappa shape index (κ2) is 6.57. The molecule has 118 valence electrons. The van der Waals surface area contributed by atoms with Gasteiger partial charge in [-0.25, -0.2) is 4.79 Å². The number of nitrogens with two attached hydrogens (primary N) is 1. The molecule has 0 radical (unpaired) electrons. The molecular formula is C15H20N4O3. The van der Waals surface area contributed by atoms with Crippen LogP contribution in [0.5, 0.6) is 0 Å². The monoisotopic (exact) mass is 304 g/mol. The van der Waals surface area contributed by atoms with E-state index in [9.17, 15) is 14.4 Å². The van der Waals surface area contributed by atoms with Gasteiger partial charge in [-0.05, 0) is 23.6 Å². The Morgan fingerprint density at radius 1 is 1.41 bits per heavy atom. The zero-order valence-corrected chi connectivity index (χ0v) is 12.6. The fourth-order valence-electron chi connectivity index (χ4n) is 2.07. The molecule has 0 bridgehead atoms. The molecule has 7 nitrogen and oxygen atoms in total. The van der Waals surface area contributed by atoms with Crippen LogP contribution in [0.2, 0.25) is 0 Å². The van der Waals surface area contributed by atoms with Crippen LogP contribution in [0.25, 0.3) is 0 Å². The summed E-state index contributed by atoms with van der Waals surface area (Å²) in [7, 11) is 0. The number of imide groups is 1. The summed E-state index contributed by atoms with van der Waals surface area (Å²) in [6.45, 7) is 3.94. The predicted octanol–water partition coefficient (Wildman–Crippen LogP) is 0.660. The summed E-state index contributed by atoms with van der Waals surface area (Å²) in [6.07, 6.45) is 0. The first-order valence-electron chi connectivity index (χ1n) is 7.12. The lowest BCUT2D eigenvalue weighted by atomic mass is 10.0. The van der Waals surface area contributed by atoms with Gasteiger partial charge in [-0.3, -0.25) is 14.5 Å². The number of hydrogen-bond acceptors (Lipinski definition) is 4. The first kappa shape index (κ1) is 16.0. The van der Waals surface area contributed by atoms with Crippen molar-refractivity contribution in [1.82, 2.24) is 10.2 Å². The van der Waals surface area contributed by atoms with Crippen molar-refractivity contribution in [2.45, 2.75) is 26.4 Å². The Balaban J connectivity index is 2.05. The average molecular weight is 304 g/mol. The third-order valence-electron chi connectivity index (χ3n) is 3.49. The van der Waals surface area contributed by atoms with Gasteiger partial charge in [0.05, 0.1) is 19.1 Å². The molecule has 1 aromatic rings. The normalized spacial score (nSPS) is 15.9. The molecule has 1 aromatic carbocycles. The quantitative estimate of drug-likeness (QED) is 0.695. The van der Waals surface area contributed by atoms with Crippen molar-refractivity contribution >= 4 is 23.5 Å². The molecule has 1 heterocycles. The number of hydrogen-bond donors (Lipinski definition) is 3. The maximum absolute atomic E-state index is 11.9. The van der Waals surface area contributed by atoms with Crippen LogP contribution >= 0.6 is 0 Å². The summed E-state index contributed by atoms with van der Waals surface area (Å²) in [4.78, 5) is 36.2. The second-order valence-corrected chi connectivity index (χ2v) is 5.60. The van der Waals surface area contributed by atoms with E-state index in [0.717, 1.165) is 10.5 Å². The summed E-state index contributed by atoms with van der Waals surface area (Å²) in [5.41, 5.74) is 7.14. The molecule has 0 aromatic heterocycles. The van der Waals surface area contributed by atoms with Gasteiger partial charge in [0.2, 0.25) is 11.8 Å². The van der Waals surface area contributed by atoms with Crippen molar-refractivity contribution in [3.63, 3.8) is 0 Å². The highest BCUT2D eigenvalue weighted by Crippen LogP contribution is 2.15. The molecule has 2 rings (SSSR count). The number of anilines is 1. The summed E-state index contributed by atoms with van der Waals surface area (Å²) in [6, 6.07) is 6.02. The number of urea groups is 1. The van der Waals surface area contributed by atoms with E-state index in [1.54, 1.807) is 24.3 Å². The maximum atomic E-state index is 11.9. The van der Waals surface area contributed by atoms with Crippen molar-refractivity contribution in [2.24, 2.45) is 11.7 Å². The van der Waals surface area contributed by atoms with Gasteiger partial charge in [-0.2, -0.15) is 0 Å². The predicted molar refractivity (Wildman–Crippen MR) is 81.8 cm³/mol. The zero-order chi connectivity index (χ0) is 16.3. The third kappa shape index (κ3) is 3.62. The molecule has 4 amide bonds. The van der Waals surface area contributed by atoms with Crippen LogP contribution < -0.4 is 16.4 Å².